The molecule has 110 valence electrons. The van der Waals surface area contributed by atoms with E-state index in [2.05, 4.69) is 40.9 Å². The van der Waals surface area contributed by atoms with Crippen molar-refractivity contribution in [3.05, 3.63) is 22.4 Å². The maximum absolute atomic E-state index is 12.7. The fourth-order valence-corrected chi connectivity index (χ4v) is 3.85. The lowest BCUT2D eigenvalue weighted by atomic mass is 9.85. The van der Waals surface area contributed by atoms with E-state index in [0.29, 0.717) is 11.8 Å². The van der Waals surface area contributed by atoms with Crippen LogP contribution in [-0.2, 0) is 4.79 Å². The first-order valence-electron chi connectivity index (χ1n) is 7.73. The Morgan fingerprint density at radius 3 is 2.80 bits per heavy atom. The first kappa shape index (κ1) is 14.1. The van der Waals surface area contributed by atoms with Crippen LogP contribution in [0, 0.1) is 11.8 Å². The molecule has 2 fully saturated rings. The van der Waals surface area contributed by atoms with Crippen LogP contribution in [0.15, 0.2) is 16.8 Å². The van der Waals surface area contributed by atoms with Crippen LogP contribution < -0.4 is 5.32 Å². The lowest BCUT2D eigenvalue weighted by Gasteiger charge is -2.33. The number of hydrogen-bond acceptors (Lipinski definition) is 3. The fraction of sp³-hybridized carbons (Fsp3) is 0.688. The van der Waals surface area contributed by atoms with Crippen molar-refractivity contribution in [1.82, 2.24) is 10.2 Å². The highest BCUT2D eigenvalue weighted by atomic mass is 32.1. The minimum atomic E-state index is -0.0000217. The zero-order chi connectivity index (χ0) is 14.1. The van der Waals surface area contributed by atoms with Gasteiger partial charge in [0.2, 0.25) is 5.91 Å². The van der Waals surface area contributed by atoms with E-state index in [4.69, 9.17) is 0 Å². The molecule has 2 atom stereocenters. The Bertz CT molecular complexity index is 453. The first-order valence-corrected chi connectivity index (χ1v) is 8.68. The van der Waals surface area contributed by atoms with Gasteiger partial charge < -0.3 is 4.90 Å². The Morgan fingerprint density at radius 2 is 2.25 bits per heavy atom. The third kappa shape index (κ3) is 2.77. The number of carbonyl (C=O) groups excluding carboxylic acids is 1. The molecule has 1 aromatic heterocycles. The Labute approximate surface area is 125 Å². The van der Waals surface area contributed by atoms with Crippen LogP contribution in [0.1, 0.15) is 51.3 Å². The Morgan fingerprint density at radius 1 is 1.45 bits per heavy atom. The molecule has 0 bridgehead atoms. The predicted octanol–water partition coefficient (Wildman–Crippen LogP) is 3.39. The van der Waals surface area contributed by atoms with Gasteiger partial charge in [-0.2, -0.15) is 11.3 Å². The van der Waals surface area contributed by atoms with Crippen LogP contribution in [0.5, 0.6) is 0 Å². The van der Waals surface area contributed by atoms with Gasteiger partial charge in [-0.05, 0) is 53.5 Å². The molecule has 1 aliphatic heterocycles. The van der Waals surface area contributed by atoms with Gasteiger partial charge in [-0.3, -0.25) is 10.1 Å². The molecule has 1 amide bonds. The molecule has 2 heterocycles. The van der Waals surface area contributed by atoms with Gasteiger partial charge in [0.15, 0.2) is 0 Å². The molecule has 1 saturated carbocycles. The van der Waals surface area contributed by atoms with Gasteiger partial charge >= 0.3 is 0 Å². The van der Waals surface area contributed by atoms with Crippen molar-refractivity contribution in [1.29, 1.82) is 0 Å². The van der Waals surface area contributed by atoms with Crippen LogP contribution in [0.2, 0.25) is 0 Å². The van der Waals surface area contributed by atoms with Crippen LogP contribution in [0.4, 0.5) is 0 Å². The minimum absolute atomic E-state index is 0.0000217. The van der Waals surface area contributed by atoms with Crippen molar-refractivity contribution in [2.24, 2.45) is 11.8 Å². The molecule has 2 aliphatic rings. The van der Waals surface area contributed by atoms with Crippen molar-refractivity contribution in [2.75, 3.05) is 6.54 Å². The third-order valence-corrected chi connectivity index (χ3v) is 5.20. The van der Waals surface area contributed by atoms with Gasteiger partial charge in [-0.1, -0.05) is 20.3 Å². The number of nitrogens with zero attached hydrogens (tertiary/aromatic N) is 1. The quantitative estimate of drug-likeness (QED) is 0.902. The zero-order valence-corrected chi connectivity index (χ0v) is 13.2. The Hall–Kier alpha value is -0.870. The summed E-state index contributed by atoms with van der Waals surface area (Å²) in [4.78, 5) is 14.8. The molecule has 20 heavy (non-hydrogen) atoms. The summed E-state index contributed by atoms with van der Waals surface area (Å²) in [5.41, 5.74) is 1.24. The number of thiophene rings is 1. The van der Waals surface area contributed by atoms with Crippen molar-refractivity contribution < 1.29 is 4.79 Å². The zero-order valence-electron chi connectivity index (χ0n) is 12.3. The summed E-state index contributed by atoms with van der Waals surface area (Å²) in [7, 11) is 0. The number of rotatable bonds is 5. The van der Waals surface area contributed by atoms with E-state index in [1.54, 1.807) is 11.3 Å². The molecule has 1 aliphatic carbocycles. The monoisotopic (exact) mass is 292 g/mol. The summed E-state index contributed by atoms with van der Waals surface area (Å²) < 4.78 is 0. The predicted molar refractivity (Wildman–Crippen MR) is 82.5 cm³/mol. The second-order valence-corrected chi connectivity index (χ2v) is 7.38. The van der Waals surface area contributed by atoms with E-state index >= 15 is 0 Å². The maximum Gasteiger partial charge on any atom is 0.241 e. The van der Waals surface area contributed by atoms with Gasteiger partial charge in [0, 0.05) is 6.54 Å². The molecule has 0 aromatic carbocycles. The summed E-state index contributed by atoms with van der Waals surface area (Å²) in [6.45, 7) is 5.30. The molecule has 0 radical (unpaired) electrons. The minimum Gasteiger partial charge on any atom is -0.321 e. The summed E-state index contributed by atoms with van der Waals surface area (Å²) in [5, 5.41) is 7.82. The summed E-state index contributed by atoms with van der Waals surface area (Å²) in [5.74, 6) is 1.57. The number of hydrogen-bond donors (Lipinski definition) is 1. The molecular weight excluding hydrogens is 268 g/mol. The first-order chi connectivity index (χ1) is 9.65. The molecule has 3 rings (SSSR count). The van der Waals surface area contributed by atoms with E-state index in [0.717, 1.165) is 18.9 Å². The summed E-state index contributed by atoms with van der Waals surface area (Å²) in [6.07, 6.45) is 4.93. The maximum atomic E-state index is 12.7. The van der Waals surface area contributed by atoms with Crippen molar-refractivity contribution in [3.8, 4) is 0 Å². The number of nitrogens with one attached hydrogen (secondary N) is 1. The highest BCUT2D eigenvalue weighted by molar-refractivity contribution is 7.07. The molecule has 1 saturated heterocycles. The van der Waals surface area contributed by atoms with Gasteiger partial charge in [0.25, 0.3) is 0 Å². The average molecular weight is 292 g/mol. The SMILES string of the molecule is CC(C)CC1NC(c2ccsc2)N(CC2CCC2)C1=O. The topological polar surface area (TPSA) is 32.3 Å². The van der Waals surface area contributed by atoms with E-state index in [1.165, 1.54) is 24.8 Å². The summed E-state index contributed by atoms with van der Waals surface area (Å²) in [6, 6.07) is 2.14. The standard InChI is InChI=1S/C16H24N2OS/c1-11(2)8-14-16(19)18(9-12-4-3-5-12)15(17-14)13-6-7-20-10-13/h6-7,10-12,14-15,17H,3-5,8-9H2,1-2H3. The van der Waals surface area contributed by atoms with Gasteiger partial charge in [0.05, 0.1) is 6.04 Å². The average Bonchev–Trinajstić information content (AvgIpc) is 2.94. The van der Waals surface area contributed by atoms with Gasteiger partial charge in [-0.25, -0.2) is 0 Å². The van der Waals surface area contributed by atoms with Crippen LogP contribution in [0.3, 0.4) is 0 Å². The third-order valence-electron chi connectivity index (χ3n) is 4.50. The lowest BCUT2D eigenvalue weighted by molar-refractivity contribution is -0.131. The lowest BCUT2D eigenvalue weighted by Crippen LogP contribution is -2.37. The molecule has 2 unspecified atom stereocenters. The molecule has 4 heteroatoms. The smallest absolute Gasteiger partial charge is 0.241 e. The second-order valence-electron chi connectivity index (χ2n) is 6.60. The molecular formula is C16H24N2OS. The number of amides is 1. The molecule has 1 aromatic rings. The largest absolute Gasteiger partial charge is 0.321 e. The van der Waals surface area contributed by atoms with E-state index in [1.807, 2.05) is 0 Å². The van der Waals surface area contributed by atoms with Crippen molar-refractivity contribution >= 4 is 17.2 Å². The second kappa shape index (κ2) is 5.86. The van der Waals surface area contributed by atoms with E-state index < -0.39 is 0 Å². The molecule has 0 spiro atoms. The van der Waals surface area contributed by atoms with Crippen LogP contribution >= 0.6 is 11.3 Å². The fourth-order valence-electron chi connectivity index (χ4n) is 3.18. The Balaban J connectivity index is 1.76. The Kier molecular flexibility index (Phi) is 4.13. The van der Waals surface area contributed by atoms with Gasteiger partial charge in [-0.15, -0.1) is 0 Å². The summed E-state index contributed by atoms with van der Waals surface area (Å²) >= 11 is 1.71. The van der Waals surface area contributed by atoms with Crippen molar-refractivity contribution in [3.63, 3.8) is 0 Å². The highest BCUT2D eigenvalue weighted by Gasteiger charge is 2.41. The normalized spacial score (nSPS) is 27.4. The van der Waals surface area contributed by atoms with Crippen LogP contribution in [-0.4, -0.2) is 23.4 Å². The molecule has 1 N–H and O–H groups in total. The molecule has 3 nitrogen and oxygen atoms in total. The van der Waals surface area contributed by atoms with Crippen LogP contribution in [0.25, 0.3) is 0 Å². The van der Waals surface area contributed by atoms with E-state index in [-0.39, 0.29) is 12.2 Å². The van der Waals surface area contributed by atoms with E-state index in [9.17, 15) is 4.79 Å². The van der Waals surface area contributed by atoms with Crippen molar-refractivity contribution in [2.45, 2.75) is 51.7 Å². The van der Waals surface area contributed by atoms with Gasteiger partial charge in [0.1, 0.15) is 6.17 Å². The number of carbonyl (C=O) groups is 1. The highest BCUT2D eigenvalue weighted by Crippen LogP contribution is 2.34.